The van der Waals surface area contributed by atoms with E-state index < -0.39 is 6.10 Å². The summed E-state index contributed by atoms with van der Waals surface area (Å²) in [6.45, 7) is 4.05. The number of primary amides is 1. The highest BCUT2D eigenvalue weighted by molar-refractivity contribution is 9.12. The van der Waals surface area contributed by atoms with Crippen LogP contribution in [0.2, 0.25) is 0 Å². The Labute approximate surface area is 112 Å². The Balaban J connectivity index is 2.48. The molecule has 0 aliphatic heterocycles. The van der Waals surface area contributed by atoms with Crippen LogP contribution >= 0.6 is 31.9 Å². The first kappa shape index (κ1) is 12.8. The van der Waals surface area contributed by atoms with Crippen molar-refractivity contribution in [2.24, 2.45) is 16.6 Å². The maximum Gasteiger partial charge on any atom is 0.218 e. The van der Waals surface area contributed by atoms with Crippen LogP contribution in [0, 0.1) is 10.8 Å². The van der Waals surface area contributed by atoms with E-state index in [4.69, 9.17) is 5.73 Å². The monoisotopic (exact) mass is 353 g/mol. The van der Waals surface area contributed by atoms with Crippen molar-refractivity contribution in [2.75, 3.05) is 0 Å². The molecule has 0 aromatic rings. The molecule has 2 rings (SSSR count). The van der Waals surface area contributed by atoms with E-state index in [1.54, 1.807) is 0 Å². The van der Waals surface area contributed by atoms with Crippen LogP contribution in [0.1, 0.15) is 33.1 Å². The Hall–Kier alpha value is 0.390. The average molecular weight is 355 g/mol. The van der Waals surface area contributed by atoms with Crippen LogP contribution in [0.3, 0.4) is 0 Å². The third-order valence-electron chi connectivity index (χ3n) is 4.77. The van der Waals surface area contributed by atoms with Gasteiger partial charge in [0.2, 0.25) is 5.91 Å². The van der Waals surface area contributed by atoms with Crippen molar-refractivity contribution in [3.05, 3.63) is 0 Å². The van der Waals surface area contributed by atoms with Gasteiger partial charge in [-0.15, -0.1) is 0 Å². The van der Waals surface area contributed by atoms with Crippen LogP contribution in [0.25, 0.3) is 0 Å². The van der Waals surface area contributed by atoms with Crippen molar-refractivity contribution < 1.29 is 9.90 Å². The number of nitrogens with two attached hydrogens (primary N) is 1. The molecule has 0 saturated heterocycles. The van der Waals surface area contributed by atoms with Crippen LogP contribution in [0.5, 0.6) is 0 Å². The van der Waals surface area contributed by atoms with E-state index in [1.807, 2.05) is 13.8 Å². The minimum absolute atomic E-state index is 0.0880. The fraction of sp³-hybridized carbons (Fsp3) is 0.909. The molecule has 3 N–H and O–H groups in total. The summed E-state index contributed by atoms with van der Waals surface area (Å²) in [7, 11) is 0. The summed E-state index contributed by atoms with van der Waals surface area (Å²) in [4.78, 5) is 11.4. The Kier molecular flexibility index (Phi) is 2.77. The maximum absolute atomic E-state index is 11.3. The number of hydrogen-bond acceptors (Lipinski definition) is 2. The molecule has 0 spiro atoms. The molecule has 0 aromatic carbocycles. The van der Waals surface area contributed by atoms with Crippen molar-refractivity contribution in [3.8, 4) is 0 Å². The third-order valence-corrected chi connectivity index (χ3v) is 8.37. The van der Waals surface area contributed by atoms with Crippen molar-refractivity contribution in [2.45, 2.75) is 48.4 Å². The van der Waals surface area contributed by atoms with Crippen LogP contribution in [-0.2, 0) is 4.79 Å². The minimum atomic E-state index is -0.461. The number of alkyl halides is 2. The smallest absolute Gasteiger partial charge is 0.218 e. The topological polar surface area (TPSA) is 63.3 Å². The molecule has 4 atom stereocenters. The van der Waals surface area contributed by atoms with Gasteiger partial charge < -0.3 is 10.8 Å². The second-order valence-corrected chi connectivity index (χ2v) is 8.10. The summed E-state index contributed by atoms with van der Waals surface area (Å²) in [5.41, 5.74) is 4.82. The molecule has 2 aliphatic carbocycles. The average Bonchev–Trinajstić information content (AvgIpc) is 2.46. The van der Waals surface area contributed by atoms with Gasteiger partial charge in [-0.3, -0.25) is 4.79 Å². The normalized spacial score (nSPS) is 49.6. The Morgan fingerprint density at radius 3 is 2.44 bits per heavy atom. The quantitative estimate of drug-likeness (QED) is 0.744. The van der Waals surface area contributed by atoms with E-state index in [-0.39, 0.29) is 25.9 Å². The lowest BCUT2D eigenvalue weighted by Crippen LogP contribution is -2.47. The fourth-order valence-electron chi connectivity index (χ4n) is 3.64. The zero-order valence-electron chi connectivity index (χ0n) is 9.46. The molecule has 2 aliphatic rings. The van der Waals surface area contributed by atoms with E-state index in [0.717, 1.165) is 12.8 Å². The second-order valence-electron chi connectivity index (χ2n) is 5.71. The summed E-state index contributed by atoms with van der Waals surface area (Å²) < 4.78 is -0.314. The van der Waals surface area contributed by atoms with Crippen molar-refractivity contribution in [1.82, 2.24) is 0 Å². The zero-order chi connectivity index (χ0) is 12.4. The van der Waals surface area contributed by atoms with E-state index in [9.17, 15) is 9.90 Å². The van der Waals surface area contributed by atoms with Gasteiger partial charge in [0.1, 0.15) is 0 Å². The van der Waals surface area contributed by atoms with Gasteiger partial charge in [0.05, 0.1) is 10.4 Å². The molecule has 1 amide bonds. The summed E-state index contributed by atoms with van der Waals surface area (Å²) in [5, 5.41) is 10.4. The van der Waals surface area contributed by atoms with Crippen LogP contribution in [0.4, 0.5) is 0 Å². The number of aliphatic hydroxyl groups is 1. The molecule has 0 unspecified atom stereocenters. The Bertz CT molecular complexity index is 347. The van der Waals surface area contributed by atoms with E-state index in [1.165, 1.54) is 0 Å². The van der Waals surface area contributed by atoms with Gasteiger partial charge in [0.15, 0.2) is 0 Å². The van der Waals surface area contributed by atoms with Crippen LogP contribution in [-0.4, -0.2) is 26.3 Å². The van der Waals surface area contributed by atoms with Gasteiger partial charge in [0, 0.05) is 16.7 Å². The lowest BCUT2D eigenvalue weighted by atomic mass is 9.62. The molecule has 2 saturated carbocycles. The number of halogens is 2. The summed E-state index contributed by atoms with van der Waals surface area (Å²) in [5.74, 6) is -0.289. The molecule has 0 radical (unpaired) electrons. The number of rotatable bonds is 2. The molecule has 0 heterocycles. The number of amides is 1. The molecular formula is C11H17Br2NO2. The lowest BCUT2D eigenvalue weighted by molar-refractivity contribution is -0.123. The first-order valence-electron chi connectivity index (χ1n) is 5.48. The number of carbonyl (C=O) groups is 1. The predicted molar refractivity (Wildman–Crippen MR) is 69.6 cm³/mol. The standard InChI is InChI=1S/C11H17Br2NO2/c1-9(2)8(16)11(13)4-3-10(9,7(11)12)5-6(14)15/h7-8,16H,3-5H2,1-2H3,(H2,14,15)/t7-,8+,10-,11-/m0/s1. The molecule has 16 heavy (non-hydrogen) atoms. The lowest BCUT2D eigenvalue weighted by Gasteiger charge is -2.45. The molecular weight excluding hydrogens is 338 g/mol. The molecule has 2 fully saturated rings. The van der Waals surface area contributed by atoms with Crippen molar-refractivity contribution in [1.29, 1.82) is 0 Å². The second kappa shape index (κ2) is 3.45. The number of carbonyl (C=O) groups excluding carboxylic acids is 1. The Morgan fingerprint density at radius 1 is 1.50 bits per heavy atom. The highest BCUT2D eigenvalue weighted by Gasteiger charge is 2.73. The number of aliphatic hydroxyl groups excluding tert-OH is 1. The number of fused-ring (bicyclic) bond motifs is 2. The highest BCUT2D eigenvalue weighted by atomic mass is 79.9. The summed E-state index contributed by atoms with van der Waals surface area (Å²) in [6, 6.07) is 0. The number of hydrogen-bond donors (Lipinski definition) is 2. The third kappa shape index (κ3) is 1.25. The van der Waals surface area contributed by atoms with Crippen molar-refractivity contribution in [3.63, 3.8) is 0 Å². The van der Waals surface area contributed by atoms with E-state index in [0.29, 0.717) is 6.42 Å². The van der Waals surface area contributed by atoms with Gasteiger partial charge in [-0.25, -0.2) is 0 Å². The van der Waals surface area contributed by atoms with Gasteiger partial charge in [-0.2, -0.15) is 0 Å². The van der Waals surface area contributed by atoms with E-state index >= 15 is 0 Å². The van der Waals surface area contributed by atoms with Gasteiger partial charge >= 0.3 is 0 Å². The van der Waals surface area contributed by atoms with Crippen LogP contribution < -0.4 is 5.73 Å². The molecule has 5 heteroatoms. The first-order valence-corrected chi connectivity index (χ1v) is 7.19. The molecule has 92 valence electrons. The largest absolute Gasteiger partial charge is 0.391 e. The van der Waals surface area contributed by atoms with Crippen LogP contribution in [0.15, 0.2) is 0 Å². The van der Waals surface area contributed by atoms with Crippen molar-refractivity contribution >= 4 is 37.8 Å². The summed E-state index contributed by atoms with van der Waals surface area (Å²) >= 11 is 7.34. The molecule has 0 aromatic heterocycles. The van der Waals surface area contributed by atoms with Gasteiger partial charge in [-0.05, 0) is 18.3 Å². The SMILES string of the molecule is CC1(C)[C@@H](O)[C@]2(Br)CC[C@]1(CC(N)=O)[C@@H]2Br. The molecule has 3 nitrogen and oxygen atoms in total. The first-order chi connectivity index (χ1) is 7.18. The minimum Gasteiger partial charge on any atom is -0.391 e. The summed E-state index contributed by atoms with van der Waals surface area (Å²) in [6.07, 6.45) is 1.67. The van der Waals surface area contributed by atoms with Gasteiger partial charge in [0.25, 0.3) is 0 Å². The molecule has 2 bridgehead atoms. The zero-order valence-corrected chi connectivity index (χ0v) is 12.6. The maximum atomic E-state index is 11.3. The Morgan fingerprint density at radius 2 is 2.06 bits per heavy atom. The van der Waals surface area contributed by atoms with Gasteiger partial charge in [-0.1, -0.05) is 45.7 Å². The predicted octanol–water partition coefficient (Wildman–Crippen LogP) is 1.94. The fourth-order valence-corrected chi connectivity index (χ4v) is 6.31. The highest BCUT2D eigenvalue weighted by Crippen LogP contribution is 2.72. The van der Waals surface area contributed by atoms with E-state index in [2.05, 4.69) is 31.9 Å².